The molecule has 1 aromatic rings. The molecule has 6 nitrogen and oxygen atoms in total. The molecule has 4 rings (SSSR count). The molecule has 3 aliphatic rings. The highest BCUT2D eigenvalue weighted by atomic mass is 16.2. The molecule has 0 spiro atoms. The van der Waals surface area contributed by atoms with Gasteiger partial charge in [0.05, 0.1) is 11.6 Å². The molecule has 1 aromatic heterocycles. The zero-order valence-electron chi connectivity index (χ0n) is 14.3. The Morgan fingerprint density at radius 2 is 2.17 bits per heavy atom. The van der Waals surface area contributed by atoms with Gasteiger partial charge in [-0.3, -0.25) is 14.7 Å². The minimum atomic E-state index is -0.143. The van der Waals surface area contributed by atoms with Crippen molar-refractivity contribution >= 4 is 11.8 Å². The number of nitrogens with zero attached hydrogens (tertiary/aromatic N) is 3. The molecule has 2 atom stereocenters. The molecule has 24 heavy (non-hydrogen) atoms. The van der Waals surface area contributed by atoms with Gasteiger partial charge >= 0.3 is 0 Å². The summed E-state index contributed by atoms with van der Waals surface area (Å²) in [5.41, 5.74) is 2.12. The first kappa shape index (κ1) is 15.7. The van der Waals surface area contributed by atoms with Crippen LogP contribution in [0.3, 0.4) is 0 Å². The van der Waals surface area contributed by atoms with E-state index in [2.05, 4.69) is 16.3 Å². The Hall–Kier alpha value is -1.85. The lowest BCUT2D eigenvalue weighted by atomic mass is 9.93. The fraction of sp³-hybridized carbons (Fsp3) is 0.722. The summed E-state index contributed by atoms with van der Waals surface area (Å²) in [6, 6.07) is 2.08. The van der Waals surface area contributed by atoms with Gasteiger partial charge < -0.3 is 9.80 Å². The lowest BCUT2D eigenvalue weighted by Crippen LogP contribution is -2.43. The van der Waals surface area contributed by atoms with Crippen LogP contribution in [0.1, 0.15) is 49.4 Å². The normalized spacial score (nSPS) is 27.8. The quantitative estimate of drug-likeness (QED) is 0.913. The number of piperidine rings is 1. The van der Waals surface area contributed by atoms with Crippen LogP contribution in [0.5, 0.6) is 0 Å². The van der Waals surface area contributed by atoms with Crippen molar-refractivity contribution in [2.75, 3.05) is 26.2 Å². The molecule has 0 radical (unpaired) electrons. The molecule has 1 saturated carbocycles. The fourth-order valence-corrected chi connectivity index (χ4v) is 4.05. The lowest BCUT2D eigenvalue weighted by Gasteiger charge is -2.33. The van der Waals surface area contributed by atoms with Crippen LogP contribution in [0.15, 0.2) is 6.07 Å². The predicted octanol–water partition coefficient (Wildman–Crippen LogP) is 1.68. The molecule has 1 N–H and O–H groups in total. The van der Waals surface area contributed by atoms with Crippen molar-refractivity contribution in [3.05, 3.63) is 17.5 Å². The Balaban J connectivity index is 1.38. The number of H-pyrrole nitrogens is 1. The first-order valence-electron chi connectivity index (χ1n) is 9.18. The van der Waals surface area contributed by atoms with E-state index < -0.39 is 0 Å². The van der Waals surface area contributed by atoms with Gasteiger partial charge in [-0.25, -0.2) is 0 Å². The number of likely N-dealkylation sites (tertiary alicyclic amines) is 2. The summed E-state index contributed by atoms with van der Waals surface area (Å²) in [4.78, 5) is 28.9. The average Bonchev–Trinajstić information content (AvgIpc) is 3.18. The van der Waals surface area contributed by atoms with Crippen LogP contribution in [0.25, 0.3) is 0 Å². The zero-order valence-corrected chi connectivity index (χ0v) is 14.3. The summed E-state index contributed by atoms with van der Waals surface area (Å²) in [5.74, 6) is 1.18. The van der Waals surface area contributed by atoms with E-state index in [-0.39, 0.29) is 17.7 Å². The molecule has 0 aromatic carbocycles. The molecule has 130 valence electrons. The number of aromatic amines is 1. The number of carbonyl (C=O) groups is 2. The van der Waals surface area contributed by atoms with E-state index in [1.807, 2.05) is 16.7 Å². The standard InChI is InChI=1S/C18H26N4O2/c1-12-7-16(20-19-12)14-3-2-6-21(10-14)18(24)15-8-17(23)22(11-15)9-13-4-5-13/h7,13-15H,2-6,8-11H2,1H3,(H,19,20)/t14-,15+/m0/s1. The van der Waals surface area contributed by atoms with Crippen LogP contribution in [0.4, 0.5) is 0 Å². The Morgan fingerprint density at radius 3 is 2.88 bits per heavy atom. The number of hydrogen-bond acceptors (Lipinski definition) is 3. The molecular weight excluding hydrogens is 304 g/mol. The van der Waals surface area contributed by atoms with Gasteiger partial charge in [0.2, 0.25) is 11.8 Å². The van der Waals surface area contributed by atoms with Gasteiger partial charge in [-0.1, -0.05) is 0 Å². The van der Waals surface area contributed by atoms with E-state index in [0.29, 0.717) is 24.8 Å². The van der Waals surface area contributed by atoms with Crippen LogP contribution in [0.2, 0.25) is 0 Å². The molecule has 3 fully saturated rings. The Morgan fingerprint density at radius 1 is 1.33 bits per heavy atom. The van der Waals surface area contributed by atoms with Gasteiger partial charge in [-0.15, -0.1) is 0 Å². The highest BCUT2D eigenvalue weighted by Gasteiger charge is 2.39. The summed E-state index contributed by atoms with van der Waals surface area (Å²) in [7, 11) is 0. The smallest absolute Gasteiger partial charge is 0.228 e. The predicted molar refractivity (Wildman–Crippen MR) is 89.3 cm³/mol. The maximum atomic E-state index is 12.9. The highest BCUT2D eigenvalue weighted by molar-refractivity contribution is 5.89. The number of amides is 2. The molecular formula is C18H26N4O2. The number of carbonyl (C=O) groups excluding carboxylic acids is 2. The fourth-order valence-electron chi connectivity index (χ4n) is 4.05. The highest BCUT2D eigenvalue weighted by Crippen LogP contribution is 2.33. The lowest BCUT2D eigenvalue weighted by molar-refractivity contribution is -0.137. The molecule has 2 saturated heterocycles. The van der Waals surface area contributed by atoms with Gasteiger partial charge in [0.1, 0.15) is 0 Å². The van der Waals surface area contributed by atoms with E-state index in [1.54, 1.807) is 0 Å². The number of aromatic nitrogens is 2. The van der Waals surface area contributed by atoms with Gasteiger partial charge in [0, 0.05) is 44.2 Å². The summed E-state index contributed by atoms with van der Waals surface area (Å²) in [5, 5.41) is 7.37. The summed E-state index contributed by atoms with van der Waals surface area (Å²) in [6.45, 7) is 5.03. The van der Waals surface area contributed by atoms with Crippen molar-refractivity contribution in [2.24, 2.45) is 11.8 Å². The van der Waals surface area contributed by atoms with E-state index in [1.165, 1.54) is 12.8 Å². The first-order chi connectivity index (χ1) is 11.6. The van der Waals surface area contributed by atoms with Crippen LogP contribution in [0, 0.1) is 18.8 Å². The Labute approximate surface area is 142 Å². The SMILES string of the molecule is Cc1cc([C@H]2CCCN(C(=O)[C@@H]3CC(=O)N(CC4CC4)C3)C2)n[nH]1. The van der Waals surface area contributed by atoms with Crippen LogP contribution >= 0.6 is 0 Å². The summed E-state index contributed by atoms with van der Waals surface area (Å²) >= 11 is 0. The second-order valence-electron chi connectivity index (χ2n) is 7.74. The topological polar surface area (TPSA) is 69.3 Å². The van der Waals surface area contributed by atoms with Gasteiger partial charge in [-0.2, -0.15) is 5.10 Å². The average molecular weight is 330 g/mol. The third-order valence-corrected chi connectivity index (χ3v) is 5.62. The molecule has 2 aliphatic heterocycles. The molecule has 1 aliphatic carbocycles. The van der Waals surface area contributed by atoms with Gasteiger partial charge in [0.25, 0.3) is 0 Å². The zero-order chi connectivity index (χ0) is 16.7. The molecule has 6 heteroatoms. The van der Waals surface area contributed by atoms with Crippen molar-refractivity contribution in [3.63, 3.8) is 0 Å². The minimum Gasteiger partial charge on any atom is -0.342 e. The molecule has 0 unspecified atom stereocenters. The van der Waals surface area contributed by atoms with E-state index in [9.17, 15) is 9.59 Å². The van der Waals surface area contributed by atoms with Crippen molar-refractivity contribution in [1.29, 1.82) is 0 Å². The van der Waals surface area contributed by atoms with Crippen molar-refractivity contribution in [3.8, 4) is 0 Å². The maximum Gasteiger partial charge on any atom is 0.228 e. The van der Waals surface area contributed by atoms with Crippen molar-refractivity contribution in [1.82, 2.24) is 20.0 Å². The van der Waals surface area contributed by atoms with Gasteiger partial charge in [-0.05, 0) is 44.6 Å². The second-order valence-corrected chi connectivity index (χ2v) is 7.74. The third kappa shape index (κ3) is 3.19. The van der Waals surface area contributed by atoms with Crippen LogP contribution < -0.4 is 0 Å². The first-order valence-corrected chi connectivity index (χ1v) is 9.18. The van der Waals surface area contributed by atoms with E-state index in [4.69, 9.17) is 0 Å². The number of aryl methyl sites for hydroxylation is 1. The van der Waals surface area contributed by atoms with Crippen LogP contribution in [-0.4, -0.2) is 58.0 Å². The van der Waals surface area contributed by atoms with Crippen molar-refractivity contribution < 1.29 is 9.59 Å². The second kappa shape index (κ2) is 6.22. The minimum absolute atomic E-state index is 0.143. The number of nitrogens with one attached hydrogen (secondary N) is 1. The molecule has 3 heterocycles. The monoisotopic (exact) mass is 330 g/mol. The van der Waals surface area contributed by atoms with Crippen molar-refractivity contribution in [2.45, 2.75) is 44.9 Å². The summed E-state index contributed by atoms with van der Waals surface area (Å²) < 4.78 is 0. The largest absolute Gasteiger partial charge is 0.342 e. The van der Waals surface area contributed by atoms with E-state index in [0.717, 1.165) is 43.9 Å². The molecule has 2 amide bonds. The van der Waals surface area contributed by atoms with Crippen LogP contribution in [-0.2, 0) is 9.59 Å². The number of rotatable bonds is 4. The third-order valence-electron chi connectivity index (χ3n) is 5.62. The Kier molecular flexibility index (Phi) is 4.06. The maximum absolute atomic E-state index is 12.9. The number of hydrogen-bond donors (Lipinski definition) is 1. The molecule has 0 bridgehead atoms. The summed E-state index contributed by atoms with van der Waals surface area (Å²) in [6.07, 6.45) is 4.95. The Bertz CT molecular complexity index is 637. The van der Waals surface area contributed by atoms with Gasteiger partial charge in [0.15, 0.2) is 0 Å². The van der Waals surface area contributed by atoms with E-state index >= 15 is 0 Å².